The highest BCUT2D eigenvalue weighted by molar-refractivity contribution is 7.80. The molecule has 0 atom stereocenters. The lowest BCUT2D eigenvalue weighted by molar-refractivity contribution is -0.131. The predicted octanol–water partition coefficient (Wildman–Crippen LogP) is 2.14. The van der Waals surface area contributed by atoms with Crippen LogP contribution in [-0.2, 0) is 4.79 Å². The van der Waals surface area contributed by atoms with Gasteiger partial charge in [-0.3, -0.25) is 4.79 Å². The first-order valence-corrected chi connectivity index (χ1v) is 7.04. The summed E-state index contributed by atoms with van der Waals surface area (Å²) in [6, 6.07) is 0. The van der Waals surface area contributed by atoms with E-state index in [0.717, 1.165) is 25.8 Å². The number of carbonyl (C=O) groups is 1. The van der Waals surface area contributed by atoms with Crippen molar-refractivity contribution in [3.63, 3.8) is 0 Å². The van der Waals surface area contributed by atoms with Gasteiger partial charge >= 0.3 is 0 Å². The largest absolute Gasteiger partial charge is 0.392 e. The lowest BCUT2D eigenvalue weighted by atomic mass is 9.68. The fourth-order valence-electron chi connectivity index (χ4n) is 2.77. The maximum absolute atomic E-state index is 12.2. The van der Waals surface area contributed by atoms with Gasteiger partial charge in [-0.25, -0.2) is 0 Å². The molecule has 3 N–H and O–H groups in total. The Balaban J connectivity index is 1.87. The number of hydrogen-bond acceptors (Lipinski definition) is 2. The molecule has 4 heteroatoms. The second kappa shape index (κ2) is 4.56. The highest BCUT2D eigenvalue weighted by atomic mass is 32.1. The molecule has 0 aromatic heterocycles. The molecule has 0 bridgehead atoms. The standard InChI is InChI=1S/C13H22N2OS/c1-2-4-12(7-8-12)9-15-11(16)13(10(14)17)5-3-6-13/h2-9H2,1H3,(H2,14,17)(H,15,16). The summed E-state index contributed by atoms with van der Waals surface area (Å²) in [6.45, 7) is 3.01. The van der Waals surface area contributed by atoms with Crippen molar-refractivity contribution < 1.29 is 4.79 Å². The van der Waals surface area contributed by atoms with Crippen molar-refractivity contribution in [3.05, 3.63) is 0 Å². The Morgan fingerprint density at radius 1 is 1.35 bits per heavy atom. The first-order chi connectivity index (χ1) is 8.05. The molecule has 0 unspecified atom stereocenters. The molecule has 2 aliphatic carbocycles. The van der Waals surface area contributed by atoms with Crippen LogP contribution in [0, 0.1) is 10.8 Å². The average molecular weight is 254 g/mol. The molecule has 2 fully saturated rings. The van der Waals surface area contributed by atoms with Crippen LogP contribution < -0.4 is 11.1 Å². The Labute approximate surface area is 109 Å². The molecule has 0 saturated heterocycles. The van der Waals surface area contributed by atoms with Gasteiger partial charge in [-0.1, -0.05) is 32.0 Å². The summed E-state index contributed by atoms with van der Waals surface area (Å²) in [5.41, 5.74) is 5.60. The molecule has 96 valence electrons. The Bertz CT molecular complexity index is 332. The van der Waals surface area contributed by atoms with E-state index in [4.69, 9.17) is 18.0 Å². The molecule has 0 spiro atoms. The van der Waals surface area contributed by atoms with E-state index in [2.05, 4.69) is 12.2 Å². The van der Waals surface area contributed by atoms with Crippen LogP contribution in [0.1, 0.15) is 51.9 Å². The molecule has 0 aromatic rings. The van der Waals surface area contributed by atoms with E-state index in [9.17, 15) is 4.79 Å². The third kappa shape index (κ3) is 2.32. The van der Waals surface area contributed by atoms with Crippen molar-refractivity contribution in [2.75, 3.05) is 6.54 Å². The smallest absolute Gasteiger partial charge is 0.233 e. The minimum Gasteiger partial charge on any atom is -0.392 e. The fourth-order valence-corrected chi connectivity index (χ4v) is 3.07. The minimum atomic E-state index is -0.516. The summed E-state index contributed by atoms with van der Waals surface area (Å²) in [5, 5.41) is 3.09. The highest BCUT2D eigenvalue weighted by Gasteiger charge is 2.48. The SMILES string of the molecule is CCCC1(CNC(=O)C2(C(N)=S)CCC2)CC1. The van der Waals surface area contributed by atoms with Crippen molar-refractivity contribution in [2.24, 2.45) is 16.6 Å². The number of carbonyl (C=O) groups excluding carboxylic acids is 1. The number of rotatable bonds is 6. The van der Waals surface area contributed by atoms with E-state index in [1.54, 1.807) is 0 Å². The van der Waals surface area contributed by atoms with E-state index in [-0.39, 0.29) is 5.91 Å². The van der Waals surface area contributed by atoms with Crippen LogP contribution in [0.2, 0.25) is 0 Å². The lowest BCUT2D eigenvalue weighted by Crippen LogP contribution is -2.53. The van der Waals surface area contributed by atoms with Crippen molar-refractivity contribution in [1.82, 2.24) is 5.32 Å². The normalized spacial score (nSPS) is 23.6. The van der Waals surface area contributed by atoms with Crippen LogP contribution in [0.3, 0.4) is 0 Å². The first kappa shape index (κ1) is 12.8. The van der Waals surface area contributed by atoms with Gasteiger partial charge in [-0.2, -0.15) is 0 Å². The zero-order valence-corrected chi connectivity index (χ0v) is 11.4. The summed E-state index contributed by atoms with van der Waals surface area (Å²) >= 11 is 5.05. The zero-order chi connectivity index (χ0) is 12.5. The third-order valence-corrected chi connectivity index (χ3v) is 4.87. The molecule has 0 aromatic carbocycles. The maximum Gasteiger partial charge on any atom is 0.233 e. The van der Waals surface area contributed by atoms with Crippen LogP contribution in [-0.4, -0.2) is 17.4 Å². The highest BCUT2D eigenvalue weighted by Crippen LogP contribution is 2.49. The number of nitrogens with one attached hydrogen (secondary N) is 1. The topological polar surface area (TPSA) is 55.1 Å². The summed E-state index contributed by atoms with van der Waals surface area (Å²) in [6.07, 6.45) is 7.63. The van der Waals surface area contributed by atoms with Crippen molar-refractivity contribution >= 4 is 23.1 Å². The Morgan fingerprint density at radius 3 is 2.35 bits per heavy atom. The second-order valence-corrected chi connectivity index (χ2v) is 6.17. The van der Waals surface area contributed by atoms with Crippen molar-refractivity contribution in [3.8, 4) is 0 Å². The molecule has 2 aliphatic rings. The van der Waals surface area contributed by atoms with E-state index in [1.165, 1.54) is 25.7 Å². The molecule has 0 radical (unpaired) electrons. The van der Waals surface area contributed by atoms with Gasteiger partial charge in [0.2, 0.25) is 5.91 Å². The van der Waals surface area contributed by atoms with Crippen LogP contribution in [0.25, 0.3) is 0 Å². The van der Waals surface area contributed by atoms with Crippen molar-refractivity contribution in [2.45, 2.75) is 51.9 Å². The molecule has 2 saturated carbocycles. The van der Waals surface area contributed by atoms with Crippen LogP contribution in [0.5, 0.6) is 0 Å². The second-order valence-electron chi connectivity index (χ2n) is 5.73. The van der Waals surface area contributed by atoms with Gasteiger partial charge in [0, 0.05) is 6.54 Å². The lowest BCUT2D eigenvalue weighted by Gasteiger charge is -2.39. The Morgan fingerprint density at radius 2 is 2.00 bits per heavy atom. The van der Waals surface area contributed by atoms with Gasteiger partial charge in [-0.05, 0) is 37.5 Å². The number of thiocarbonyl (C=S) groups is 1. The van der Waals surface area contributed by atoms with Crippen molar-refractivity contribution in [1.29, 1.82) is 0 Å². The molecule has 0 heterocycles. The van der Waals surface area contributed by atoms with Gasteiger partial charge in [0.15, 0.2) is 0 Å². The van der Waals surface area contributed by atoms with Gasteiger partial charge < -0.3 is 11.1 Å². The van der Waals surface area contributed by atoms with Gasteiger partial charge in [0.05, 0.1) is 10.4 Å². The first-order valence-electron chi connectivity index (χ1n) is 6.63. The minimum absolute atomic E-state index is 0.0682. The van der Waals surface area contributed by atoms with E-state index < -0.39 is 5.41 Å². The van der Waals surface area contributed by atoms with E-state index >= 15 is 0 Å². The monoisotopic (exact) mass is 254 g/mol. The van der Waals surface area contributed by atoms with Gasteiger partial charge in [-0.15, -0.1) is 0 Å². The average Bonchev–Trinajstić information content (AvgIpc) is 2.94. The fraction of sp³-hybridized carbons (Fsp3) is 0.846. The Kier molecular flexibility index (Phi) is 3.43. The van der Waals surface area contributed by atoms with Gasteiger partial charge in [0.25, 0.3) is 0 Å². The predicted molar refractivity (Wildman–Crippen MR) is 72.7 cm³/mol. The molecular formula is C13H22N2OS. The summed E-state index contributed by atoms with van der Waals surface area (Å²) < 4.78 is 0. The third-order valence-electron chi connectivity index (χ3n) is 4.47. The molecular weight excluding hydrogens is 232 g/mol. The van der Waals surface area contributed by atoms with Gasteiger partial charge in [0.1, 0.15) is 0 Å². The maximum atomic E-state index is 12.2. The summed E-state index contributed by atoms with van der Waals surface area (Å²) in [5.74, 6) is 0.0682. The van der Waals surface area contributed by atoms with E-state index in [1.807, 2.05) is 0 Å². The van der Waals surface area contributed by atoms with E-state index in [0.29, 0.717) is 10.4 Å². The van der Waals surface area contributed by atoms with Crippen LogP contribution in [0.4, 0.5) is 0 Å². The number of amides is 1. The summed E-state index contributed by atoms with van der Waals surface area (Å²) in [4.78, 5) is 12.6. The van der Waals surface area contributed by atoms with Crippen LogP contribution in [0.15, 0.2) is 0 Å². The molecule has 17 heavy (non-hydrogen) atoms. The number of hydrogen-bond donors (Lipinski definition) is 2. The quantitative estimate of drug-likeness (QED) is 0.714. The Hall–Kier alpha value is -0.640. The molecule has 0 aliphatic heterocycles. The molecule has 3 nitrogen and oxygen atoms in total. The molecule has 1 amide bonds. The molecule has 2 rings (SSSR count). The van der Waals surface area contributed by atoms with Crippen LogP contribution >= 0.6 is 12.2 Å². The zero-order valence-electron chi connectivity index (χ0n) is 10.6. The number of nitrogens with two attached hydrogens (primary N) is 1. The summed E-state index contributed by atoms with van der Waals surface area (Å²) in [7, 11) is 0.